The van der Waals surface area contributed by atoms with Gasteiger partial charge in [0.05, 0.1) is 0 Å². The van der Waals surface area contributed by atoms with Gasteiger partial charge in [-0.05, 0) is 6.92 Å². The highest BCUT2D eigenvalue weighted by Crippen LogP contribution is 2.33. The highest BCUT2D eigenvalue weighted by molar-refractivity contribution is 7.99. The maximum atomic E-state index is 12.4. The molecule has 0 aliphatic carbocycles. The van der Waals surface area contributed by atoms with Crippen molar-refractivity contribution >= 4 is 17.6 Å². The van der Waals surface area contributed by atoms with Crippen molar-refractivity contribution in [2.75, 3.05) is 12.0 Å². The summed E-state index contributed by atoms with van der Waals surface area (Å²) in [6, 6.07) is 10.8. The Morgan fingerprint density at radius 2 is 2.17 bits per heavy atom. The second-order valence-electron chi connectivity index (χ2n) is 6.39. The summed E-state index contributed by atoms with van der Waals surface area (Å²) in [4.78, 5) is 18.1. The minimum atomic E-state index is -0.0715. The molecule has 0 radical (unpaired) electrons. The molecule has 3 atom stereocenters. The van der Waals surface area contributed by atoms with E-state index in [9.17, 15) is 4.79 Å². The molecule has 2 aliphatic heterocycles. The second-order valence-corrected chi connectivity index (χ2v) is 7.79. The molecule has 2 N–H and O–H groups in total. The van der Waals surface area contributed by atoms with Crippen LogP contribution in [0.3, 0.4) is 0 Å². The standard InChI is InChI=1S/C17H20N4OS/c1-11-8-21-15-14(16(22)19-17(21)23-11)9-20(10-18-15)12(2)13-6-4-3-5-7-13/h3-7,11-12,18H,8-10H2,1-2H3/p+1/t11-,12-/m0/s1. The molecule has 120 valence electrons. The number of quaternary nitrogens is 1. The lowest BCUT2D eigenvalue weighted by Gasteiger charge is -2.32. The summed E-state index contributed by atoms with van der Waals surface area (Å²) in [6.07, 6.45) is 0. The quantitative estimate of drug-likeness (QED) is 0.815. The predicted molar refractivity (Wildman–Crippen MR) is 91.8 cm³/mol. The van der Waals surface area contributed by atoms with Crippen LogP contribution in [0.1, 0.15) is 31.0 Å². The lowest BCUT2D eigenvalue weighted by molar-refractivity contribution is -0.941. The monoisotopic (exact) mass is 329 g/mol. The highest BCUT2D eigenvalue weighted by atomic mass is 32.2. The molecule has 1 aromatic carbocycles. The molecule has 0 spiro atoms. The van der Waals surface area contributed by atoms with Crippen molar-refractivity contribution in [3.05, 3.63) is 51.8 Å². The Kier molecular flexibility index (Phi) is 3.66. The van der Waals surface area contributed by atoms with E-state index in [4.69, 9.17) is 0 Å². The van der Waals surface area contributed by atoms with Crippen molar-refractivity contribution in [2.24, 2.45) is 0 Å². The SMILES string of the molecule is C[C@H]1Cn2c(nc(=O)c3c2NC[NH+]([C@@H](C)c2ccccc2)C3)S1. The molecule has 0 saturated carbocycles. The van der Waals surface area contributed by atoms with Crippen molar-refractivity contribution < 1.29 is 4.90 Å². The van der Waals surface area contributed by atoms with E-state index in [2.05, 4.69) is 53.0 Å². The average Bonchev–Trinajstić information content (AvgIpc) is 2.95. The smallest absolute Gasteiger partial charge is 0.284 e. The molecule has 5 nitrogen and oxygen atoms in total. The number of fused-ring (bicyclic) bond motifs is 3. The van der Waals surface area contributed by atoms with E-state index in [1.807, 2.05) is 6.07 Å². The zero-order valence-electron chi connectivity index (χ0n) is 13.4. The van der Waals surface area contributed by atoms with Gasteiger partial charge in [0.2, 0.25) is 0 Å². The van der Waals surface area contributed by atoms with E-state index in [0.717, 1.165) is 36.3 Å². The molecule has 3 heterocycles. The molecule has 1 aromatic heterocycles. The van der Waals surface area contributed by atoms with Crippen LogP contribution in [-0.4, -0.2) is 21.5 Å². The normalized spacial score (nSPS) is 23.7. The zero-order chi connectivity index (χ0) is 16.0. The van der Waals surface area contributed by atoms with Crippen LogP contribution in [0, 0.1) is 0 Å². The minimum Gasteiger partial charge on any atom is -0.324 e. The maximum absolute atomic E-state index is 12.4. The topological polar surface area (TPSA) is 51.4 Å². The molecular weight excluding hydrogens is 308 g/mol. The summed E-state index contributed by atoms with van der Waals surface area (Å²) >= 11 is 1.69. The first kappa shape index (κ1) is 14.8. The molecular formula is C17H21N4OS+. The van der Waals surface area contributed by atoms with Gasteiger partial charge in [-0.2, -0.15) is 4.98 Å². The van der Waals surface area contributed by atoms with Gasteiger partial charge in [-0.25, -0.2) is 0 Å². The predicted octanol–water partition coefficient (Wildman–Crippen LogP) is 1.27. The number of nitrogens with zero attached hydrogens (tertiary/aromatic N) is 2. The Hall–Kier alpha value is -1.79. The van der Waals surface area contributed by atoms with Gasteiger partial charge in [0.25, 0.3) is 5.56 Å². The minimum absolute atomic E-state index is 0.0715. The van der Waals surface area contributed by atoms with Gasteiger partial charge >= 0.3 is 0 Å². The summed E-state index contributed by atoms with van der Waals surface area (Å²) in [7, 11) is 0. The molecule has 0 fully saturated rings. The second kappa shape index (κ2) is 5.69. The fourth-order valence-corrected chi connectivity index (χ4v) is 4.45. The van der Waals surface area contributed by atoms with Gasteiger partial charge in [0, 0.05) is 17.4 Å². The van der Waals surface area contributed by atoms with Crippen molar-refractivity contribution in [1.82, 2.24) is 9.55 Å². The average molecular weight is 329 g/mol. The number of nitrogens with one attached hydrogen (secondary N) is 2. The third-order valence-corrected chi connectivity index (χ3v) is 5.86. The Balaban J connectivity index is 1.66. The van der Waals surface area contributed by atoms with Crippen molar-refractivity contribution in [2.45, 2.75) is 43.4 Å². The van der Waals surface area contributed by atoms with Crippen molar-refractivity contribution in [3.8, 4) is 0 Å². The van der Waals surface area contributed by atoms with E-state index in [1.54, 1.807) is 11.8 Å². The Labute approximate surface area is 139 Å². The van der Waals surface area contributed by atoms with Crippen LogP contribution >= 0.6 is 11.8 Å². The van der Waals surface area contributed by atoms with Crippen LogP contribution in [0.2, 0.25) is 0 Å². The lowest BCUT2D eigenvalue weighted by Crippen LogP contribution is -3.12. The summed E-state index contributed by atoms with van der Waals surface area (Å²) in [6.45, 7) is 6.86. The van der Waals surface area contributed by atoms with Gasteiger partial charge < -0.3 is 14.8 Å². The van der Waals surface area contributed by atoms with Gasteiger partial charge in [-0.15, -0.1) is 0 Å². The lowest BCUT2D eigenvalue weighted by atomic mass is 10.1. The Bertz CT molecular complexity index is 789. The largest absolute Gasteiger partial charge is 0.324 e. The third kappa shape index (κ3) is 2.56. The number of hydrogen-bond acceptors (Lipinski definition) is 4. The Morgan fingerprint density at radius 3 is 2.96 bits per heavy atom. The number of hydrogen-bond donors (Lipinski definition) is 2. The molecule has 23 heavy (non-hydrogen) atoms. The van der Waals surface area contributed by atoms with E-state index >= 15 is 0 Å². The van der Waals surface area contributed by atoms with Crippen LogP contribution in [0.5, 0.6) is 0 Å². The number of anilines is 1. The fraction of sp³-hybridized carbons (Fsp3) is 0.412. The first-order valence-electron chi connectivity index (χ1n) is 8.07. The van der Waals surface area contributed by atoms with Gasteiger partial charge in [0.15, 0.2) is 11.8 Å². The van der Waals surface area contributed by atoms with Crippen LogP contribution in [-0.2, 0) is 13.1 Å². The number of aromatic nitrogens is 2. The van der Waals surface area contributed by atoms with E-state index in [0.29, 0.717) is 11.3 Å². The molecule has 2 aliphatic rings. The van der Waals surface area contributed by atoms with Crippen LogP contribution in [0.25, 0.3) is 0 Å². The first-order valence-corrected chi connectivity index (χ1v) is 8.95. The van der Waals surface area contributed by atoms with E-state index in [-0.39, 0.29) is 5.56 Å². The summed E-state index contributed by atoms with van der Waals surface area (Å²) in [5.74, 6) is 0.987. The molecule has 2 aromatic rings. The first-order chi connectivity index (χ1) is 11.1. The van der Waals surface area contributed by atoms with Crippen LogP contribution in [0.4, 0.5) is 5.82 Å². The summed E-state index contributed by atoms with van der Waals surface area (Å²) in [5.41, 5.74) is 2.05. The van der Waals surface area contributed by atoms with Crippen molar-refractivity contribution in [3.63, 3.8) is 0 Å². The van der Waals surface area contributed by atoms with Crippen LogP contribution in [0.15, 0.2) is 40.3 Å². The molecule has 4 rings (SSSR count). The molecule has 0 saturated heterocycles. The third-order valence-electron chi connectivity index (χ3n) is 4.79. The number of benzene rings is 1. The van der Waals surface area contributed by atoms with Gasteiger partial charge in [-0.3, -0.25) is 4.79 Å². The zero-order valence-corrected chi connectivity index (χ0v) is 14.2. The number of rotatable bonds is 2. The fourth-order valence-electron chi connectivity index (χ4n) is 3.44. The molecule has 0 bridgehead atoms. The van der Waals surface area contributed by atoms with Gasteiger partial charge in [-0.1, -0.05) is 49.0 Å². The van der Waals surface area contributed by atoms with E-state index in [1.165, 1.54) is 10.5 Å². The summed E-state index contributed by atoms with van der Waals surface area (Å²) < 4.78 is 2.18. The van der Waals surface area contributed by atoms with Crippen LogP contribution < -0.4 is 15.8 Å². The highest BCUT2D eigenvalue weighted by Gasteiger charge is 2.32. The number of thioether (sulfide) groups is 1. The maximum Gasteiger partial charge on any atom is 0.284 e. The molecule has 0 amide bonds. The van der Waals surface area contributed by atoms with E-state index < -0.39 is 0 Å². The molecule has 1 unspecified atom stereocenters. The van der Waals surface area contributed by atoms with Crippen molar-refractivity contribution in [1.29, 1.82) is 0 Å². The Morgan fingerprint density at radius 1 is 1.39 bits per heavy atom. The van der Waals surface area contributed by atoms with Gasteiger partial charge in [0.1, 0.15) is 24.0 Å². The summed E-state index contributed by atoms with van der Waals surface area (Å²) in [5, 5.41) is 4.83. The molecule has 6 heteroatoms.